The van der Waals surface area contributed by atoms with Crippen molar-refractivity contribution in [2.45, 2.75) is 12.8 Å². The van der Waals surface area contributed by atoms with E-state index in [1.807, 2.05) is 13.1 Å². The Hall–Kier alpha value is -1.45. The lowest BCUT2D eigenvalue weighted by atomic mass is 10.3. The van der Waals surface area contributed by atoms with Gasteiger partial charge in [0.05, 0.1) is 17.6 Å². The summed E-state index contributed by atoms with van der Waals surface area (Å²) in [4.78, 5) is 6.62. The maximum absolute atomic E-state index is 5.76. The molecule has 1 aromatic rings. The molecule has 2 heterocycles. The van der Waals surface area contributed by atoms with Crippen LogP contribution in [0, 0.1) is 0 Å². The summed E-state index contributed by atoms with van der Waals surface area (Å²) < 4.78 is 0. The molecular formula is C10H16N4. The maximum atomic E-state index is 5.76. The van der Waals surface area contributed by atoms with E-state index in [0.717, 1.165) is 24.6 Å². The van der Waals surface area contributed by atoms with Crippen molar-refractivity contribution >= 4 is 17.2 Å². The third-order valence-electron chi connectivity index (χ3n) is 2.62. The van der Waals surface area contributed by atoms with Gasteiger partial charge in [0.15, 0.2) is 0 Å². The minimum absolute atomic E-state index is 0.704. The van der Waals surface area contributed by atoms with Crippen molar-refractivity contribution in [2.24, 2.45) is 0 Å². The summed E-state index contributed by atoms with van der Waals surface area (Å²) in [6.07, 6.45) is 4.25. The van der Waals surface area contributed by atoms with Gasteiger partial charge in [0.1, 0.15) is 5.82 Å². The van der Waals surface area contributed by atoms with Crippen LogP contribution in [0.15, 0.2) is 12.3 Å². The molecular weight excluding hydrogens is 176 g/mol. The summed E-state index contributed by atoms with van der Waals surface area (Å²) in [6, 6.07) is 2.01. The second kappa shape index (κ2) is 3.74. The van der Waals surface area contributed by atoms with Crippen LogP contribution in [0.3, 0.4) is 0 Å². The van der Waals surface area contributed by atoms with Crippen LogP contribution in [0.2, 0.25) is 0 Å². The molecule has 3 N–H and O–H groups in total. The summed E-state index contributed by atoms with van der Waals surface area (Å²) >= 11 is 0. The standard InChI is InChI=1S/C10H16N4/c1-12-9-6-10(13-7-8(9)11)14-4-2-3-5-14/h6-7H,2-5,11H2,1H3,(H,12,13). The zero-order valence-corrected chi connectivity index (χ0v) is 8.45. The normalized spacial score (nSPS) is 15.9. The highest BCUT2D eigenvalue weighted by atomic mass is 15.2. The minimum Gasteiger partial charge on any atom is -0.396 e. The van der Waals surface area contributed by atoms with Gasteiger partial charge in [-0.1, -0.05) is 0 Å². The van der Waals surface area contributed by atoms with Gasteiger partial charge in [-0.3, -0.25) is 0 Å². The number of nitrogens with two attached hydrogens (primary N) is 1. The summed E-state index contributed by atoms with van der Waals surface area (Å²) in [6.45, 7) is 2.22. The predicted molar refractivity (Wildman–Crippen MR) is 59.6 cm³/mol. The van der Waals surface area contributed by atoms with Crippen molar-refractivity contribution in [3.05, 3.63) is 12.3 Å². The molecule has 1 aliphatic rings. The molecule has 0 atom stereocenters. The smallest absolute Gasteiger partial charge is 0.130 e. The monoisotopic (exact) mass is 192 g/mol. The SMILES string of the molecule is CNc1cc(N2CCCC2)ncc1N. The first-order chi connectivity index (χ1) is 6.81. The highest BCUT2D eigenvalue weighted by Crippen LogP contribution is 2.24. The van der Waals surface area contributed by atoms with E-state index >= 15 is 0 Å². The van der Waals surface area contributed by atoms with Crippen molar-refractivity contribution < 1.29 is 0 Å². The lowest BCUT2D eigenvalue weighted by Gasteiger charge is -2.17. The zero-order valence-electron chi connectivity index (χ0n) is 8.45. The van der Waals surface area contributed by atoms with Gasteiger partial charge in [0.2, 0.25) is 0 Å². The second-order valence-corrected chi connectivity index (χ2v) is 3.57. The molecule has 76 valence electrons. The average Bonchev–Trinajstić information content (AvgIpc) is 2.71. The highest BCUT2D eigenvalue weighted by Gasteiger charge is 2.14. The second-order valence-electron chi connectivity index (χ2n) is 3.57. The van der Waals surface area contributed by atoms with E-state index in [1.54, 1.807) is 6.20 Å². The molecule has 1 aliphatic heterocycles. The molecule has 1 saturated heterocycles. The van der Waals surface area contributed by atoms with Crippen LogP contribution in [0.4, 0.5) is 17.2 Å². The quantitative estimate of drug-likeness (QED) is 0.741. The number of anilines is 3. The Balaban J connectivity index is 2.25. The number of aromatic nitrogens is 1. The first-order valence-corrected chi connectivity index (χ1v) is 4.99. The number of nitrogen functional groups attached to an aromatic ring is 1. The Morgan fingerprint density at radius 3 is 2.79 bits per heavy atom. The maximum Gasteiger partial charge on any atom is 0.130 e. The van der Waals surface area contributed by atoms with Crippen molar-refractivity contribution in [3.63, 3.8) is 0 Å². The zero-order chi connectivity index (χ0) is 9.97. The molecule has 1 aromatic heterocycles. The molecule has 2 rings (SSSR count). The molecule has 0 unspecified atom stereocenters. The fraction of sp³-hybridized carbons (Fsp3) is 0.500. The van der Waals surface area contributed by atoms with E-state index in [9.17, 15) is 0 Å². The van der Waals surface area contributed by atoms with Gasteiger partial charge in [-0.15, -0.1) is 0 Å². The van der Waals surface area contributed by atoms with E-state index in [0.29, 0.717) is 5.69 Å². The molecule has 0 spiro atoms. The van der Waals surface area contributed by atoms with E-state index < -0.39 is 0 Å². The molecule has 1 fully saturated rings. The summed E-state index contributed by atoms with van der Waals surface area (Å²) in [5.74, 6) is 1.03. The number of pyridine rings is 1. The van der Waals surface area contributed by atoms with Crippen LogP contribution in [0.25, 0.3) is 0 Å². The molecule has 0 aromatic carbocycles. The first kappa shape index (κ1) is 9.12. The van der Waals surface area contributed by atoms with Gasteiger partial charge in [-0.2, -0.15) is 0 Å². The third kappa shape index (κ3) is 1.60. The molecule has 4 heteroatoms. The molecule has 14 heavy (non-hydrogen) atoms. The van der Waals surface area contributed by atoms with Gasteiger partial charge < -0.3 is 16.0 Å². The Morgan fingerprint density at radius 2 is 2.14 bits per heavy atom. The minimum atomic E-state index is 0.704. The number of rotatable bonds is 2. The first-order valence-electron chi connectivity index (χ1n) is 4.99. The Bertz CT molecular complexity index is 318. The van der Waals surface area contributed by atoms with Gasteiger partial charge in [0.25, 0.3) is 0 Å². The van der Waals surface area contributed by atoms with Crippen molar-refractivity contribution in [1.29, 1.82) is 0 Å². The molecule has 4 nitrogen and oxygen atoms in total. The van der Waals surface area contributed by atoms with Crippen LogP contribution in [0.5, 0.6) is 0 Å². The largest absolute Gasteiger partial charge is 0.396 e. The molecule has 0 amide bonds. The van der Waals surface area contributed by atoms with Gasteiger partial charge in [-0.25, -0.2) is 4.98 Å². The predicted octanol–water partition coefficient (Wildman–Crippen LogP) is 1.31. The Kier molecular flexibility index (Phi) is 2.43. The van der Waals surface area contributed by atoms with Gasteiger partial charge in [-0.05, 0) is 12.8 Å². The van der Waals surface area contributed by atoms with Crippen LogP contribution >= 0.6 is 0 Å². The number of nitrogens with zero attached hydrogens (tertiary/aromatic N) is 2. The topological polar surface area (TPSA) is 54.2 Å². The summed E-state index contributed by atoms with van der Waals surface area (Å²) in [5, 5.41) is 3.07. The van der Waals surface area contributed by atoms with Crippen LogP contribution in [-0.4, -0.2) is 25.1 Å². The fourth-order valence-electron chi connectivity index (χ4n) is 1.79. The third-order valence-corrected chi connectivity index (χ3v) is 2.62. The average molecular weight is 192 g/mol. The molecule has 0 saturated carbocycles. The molecule has 0 bridgehead atoms. The lowest BCUT2D eigenvalue weighted by Crippen LogP contribution is -2.19. The van der Waals surface area contributed by atoms with E-state index in [-0.39, 0.29) is 0 Å². The van der Waals surface area contributed by atoms with Crippen LogP contribution in [0.1, 0.15) is 12.8 Å². The van der Waals surface area contributed by atoms with E-state index in [4.69, 9.17) is 5.73 Å². The van der Waals surface area contributed by atoms with Crippen molar-refractivity contribution in [3.8, 4) is 0 Å². The van der Waals surface area contributed by atoms with Crippen molar-refractivity contribution in [2.75, 3.05) is 36.1 Å². The molecule has 0 aliphatic carbocycles. The lowest BCUT2D eigenvalue weighted by molar-refractivity contribution is 0.938. The van der Waals surface area contributed by atoms with Crippen molar-refractivity contribution in [1.82, 2.24) is 4.98 Å². The Morgan fingerprint density at radius 1 is 1.43 bits per heavy atom. The summed E-state index contributed by atoms with van der Waals surface area (Å²) in [7, 11) is 1.87. The molecule has 0 radical (unpaired) electrons. The summed E-state index contributed by atoms with van der Waals surface area (Å²) in [5.41, 5.74) is 7.42. The highest BCUT2D eigenvalue weighted by molar-refractivity contribution is 5.68. The van der Waals surface area contributed by atoms with E-state index in [2.05, 4.69) is 15.2 Å². The number of hydrogen-bond donors (Lipinski definition) is 2. The number of hydrogen-bond acceptors (Lipinski definition) is 4. The van der Waals surface area contributed by atoms with Gasteiger partial charge in [0, 0.05) is 26.2 Å². The van der Waals surface area contributed by atoms with E-state index in [1.165, 1.54) is 12.8 Å². The van der Waals surface area contributed by atoms with Crippen LogP contribution in [-0.2, 0) is 0 Å². The van der Waals surface area contributed by atoms with Gasteiger partial charge >= 0.3 is 0 Å². The number of nitrogens with one attached hydrogen (secondary N) is 1. The Labute approximate surface area is 84.1 Å². The fourth-order valence-corrected chi connectivity index (χ4v) is 1.79. The van der Waals surface area contributed by atoms with Crippen LogP contribution < -0.4 is 16.0 Å².